The first-order valence-corrected chi connectivity index (χ1v) is 8.34. The van der Waals surface area contributed by atoms with E-state index in [0.29, 0.717) is 39.5 Å². The zero-order chi connectivity index (χ0) is 13.5. The molecule has 108 valence electrons. The van der Waals surface area contributed by atoms with E-state index in [2.05, 4.69) is 0 Å². The molecule has 0 aromatic rings. The Bertz CT molecular complexity index is 460. The van der Waals surface area contributed by atoms with Crippen molar-refractivity contribution in [2.75, 3.05) is 51.0 Å². The highest BCUT2D eigenvalue weighted by Gasteiger charge is 2.46. The van der Waals surface area contributed by atoms with Crippen LogP contribution in [0.2, 0.25) is 0 Å². The lowest BCUT2D eigenvalue weighted by Gasteiger charge is -2.40. The van der Waals surface area contributed by atoms with Gasteiger partial charge in [0, 0.05) is 19.6 Å². The number of carbonyl (C=O) groups is 1. The summed E-state index contributed by atoms with van der Waals surface area (Å²) in [6.45, 7) is 3.10. The molecule has 0 N–H and O–H groups in total. The molecule has 8 heteroatoms. The minimum Gasteiger partial charge on any atom is -0.378 e. The van der Waals surface area contributed by atoms with Gasteiger partial charge in [0.05, 0.1) is 43.5 Å². The number of ether oxygens (including phenoxy) is 2. The second-order valence-electron chi connectivity index (χ2n) is 5.13. The Morgan fingerprint density at radius 1 is 1.05 bits per heavy atom. The molecule has 0 saturated carbocycles. The summed E-state index contributed by atoms with van der Waals surface area (Å²) in [5, 5.41) is 0. The van der Waals surface area contributed by atoms with Gasteiger partial charge < -0.3 is 19.3 Å². The van der Waals surface area contributed by atoms with Gasteiger partial charge in [-0.25, -0.2) is 13.2 Å². The first-order valence-electron chi connectivity index (χ1n) is 6.52. The van der Waals surface area contributed by atoms with E-state index in [1.54, 1.807) is 9.80 Å². The van der Waals surface area contributed by atoms with Crippen LogP contribution in [0.4, 0.5) is 4.79 Å². The number of hydrogen-bond acceptors (Lipinski definition) is 5. The van der Waals surface area contributed by atoms with Crippen LogP contribution in [0.5, 0.6) is 0 Å². The van der Waals surface area contributed by atoms with E-state index in [9.17, 15) is 13.2 Å². The Morgan fingerprint density at radius 2 is 1.79 bits per heavy atom. The fourth-order valence-electron chi connectivity index (χ4n) is 2.89. The quantitative estimate of drug-likeness (QED) is 0.568. The summed E-state index contributed by atoms with van der Waals surface area (Å²) in [7, 11) is -3.09. The smallest absolute Gasteiger partial charge is 0.320 e. The van der Waals surface area contributed by atoms with E-state index < -0.39 is 9.84 Å². The van der Waals surface area contributed by atoms with Crippen molar-refractivity contribution >= 4 is 15.9 Å². The minimum absolute atomic E-state index is 0.0216. The van der Waals surface area contributed by atoms with E-state index in [1.807, 2.05) is 0 Å². The van der Waals surface area contributed by atoms with E-state index in [1.165, 1.54) is 0 Å². The largest absolute Gasteiger partial charge is 0.378 e. The van der Waals surface area contributed by atoms with Gasteiger partial charge in [0.25, 0.3) is 0 Å². The van der Waals surface area contributed by atoms with Crippen molar-refractivity contribution in [2.45, 2.75) is 12.1 Å². The van der Waals surface area contributed by atoms with Crippen molar-refractivity contribution in [2.24, 2.45) is 0 Å². The van der Waals surface area contributed by atoms with E-state index in [-0.39, 0.29) is 29.7 Å². The Balaban J connectivity index is 1.74. The van der Waals surface area contributed by atoms with Crippen LogP contribution in [0.1, 0.15) is 0 Å². The zero-order valence-corrected chi connectivity index (χ0v) is 11.5. The van der Waals surface area contributed by atoms with Gasteiger partial charge in [-0.1, -0.05) is 0 Å². The Labute approximate surface area is 112 Å². The standard InChI is InChI=1S/C11H18N2O5S/c14-11(12-1-4-17-5-2-12)13-3-6-18-10-8-19(15,16)7-9(10)13/h9-10H,1-8H2. The number of hydrogen-bond donors (Lipinski definition) is 0. The fraction of sp³-hybridized carbons (Fsp3) is 0.909. The predicted octanol–water partition coefficient (Wildman–Crippen LogP) is -1.06. The van der Waals surface area contributed by atoms with Crippen LogP contribution in [0.15, 0.2) is 0 Å². The molecule has 0 spiro atoms. The van der Waals surface area contributed by atoms with Crippen LogP contribution in [0.25, 0.3) is 0 Å². The molecule has 2 amide bonds. The van der Waals surface area contributed by atoms with Gasteiger partial charge in [-0.2, -0.15) is 0 Å². The normalized spacial score (nSPS) is 34.1. The summed E-state index contributed by atoms with van der Waals surface area (Å²) in [5.41, 5.74) is 0. The third-order valence-corrected chi connectivity index (χ3v) is 5.55. The molecule has 0 aromatic heterocycles. The number of nitrogens with zero attached hydrogens (tertiary/aromatic N) is 2. The highest BCUT2D eigenvalue weighted by atomic mass is 32.2. The van der Waals surface area contributed by atoms with Crippen molar-refractivity contribution in [1.29, 1.82) is 0 Å². The van der Waals surface area contributed by atoms with Crippen molar-refractivity contribution < 1.29 is 22.7 Å². The van der Waals surface area contributed by atoms with E-state index in [4.69, 9.17) is 9.47 Å². The lowest BCUT2D eigenvalue weighted by atomic mass is 10.1. The Kier molecular flexibility index (Phi) is 3.40. The van der Waals surface area contributed by atoms with Crippen LogP contribution in [0, 0.1) is 0 Å². The number of carbonyl (C=O) groups excluding carboxylic acids is 1. The predicted molar refractivity (Wildman–Crippen MR) is 66.7 cm³/mol. The molecule has 3 heterocycles. The first-order chi connectivity index (χ1) is 9.07. The molecule has 0 bridgehead atoms. The van der Waals surface area contributed by atoms with Gasteiger partial charge in [0.1, 0.15) is 0 Å². The van der Waals surface area contributed by atoms with Crippen molar-refractivity contribution in [3.8, 4) is 0 Å². The number of fused-ring (bicyclic) bond motifs is 1. The van der Waals surface area contributed by atoms with Crippen LogP contribution >= 0.6 is 0 Å². The summed E-state index contributed by atoms with van der Waals surface area (Å²) >= 11 is 0. The van der Waals surface area contributed by atoms with Gasteiger partial charge in [-0.3, -0.25) is 0 Å². The molecule has 3 fully saturated rings. The monoisotopic (exact) mass is 290 g/mol. The third kappa shape index (κ3) is 2.56. The van der Waals surface area contributed by atoms with Crippen molar-refractivity contribution in [1.82, 2.24) is 9.80 Å². The molecule has 7 nitrogen and oxygen atoms in total. The van der Waals surface area contributed by atoms with Crippen molar-refractivity contribution in [3.63, 3.8) is 0 Å². The average molecular weight is 290 g/mol. The van der Waals surface area contributed by atoms with E-state index in [0.717, 1.165) is 0 Å². The lowest BCUT2D eigenvalue weighted by Crippen LogP contribution is -2.58. The van der Waals surface area contributed by atoms with Gasteiger partial charge in [-0.05, 0) is 0 Å². The van der Waals surface area contributed by atoms with Crippen LogP contribution in [-0.4, -0.2) is 87.4 Å². The Morgan fingerprint density at radius 3 is 2.53 bits per heavy atom. The van der Waals surface area contributed by atoms with Crippen LogP contribution in [-0.2, 0) is 19.3 Å². The van der Waals surface area contributed by atoms with Crippen LogP contribution < -0.4 is 0 Å². The number of urea groups is 1. The highest BCUT2D eigenvalue weighted by molar-refractivity contribution is 7.91. The SMILES string of the molecule is O=C(N1CCOCC1)N1CCOC2CS(=O)(=O)CC21. The molecule has 0 aliphatic carbocycles. The molecule has 0 radical (unpaired) electrons. The molecule has 3 rings (SSSR count). The van der Waals surface area contributed by atoms with Crippen molar-refractivity contribution in [3.05, 3.63) is 0 Å². The maximum Gasteiger partial charge on any atom is 0.320 e. The average Bonchev–Trinajstić information content (AvgIpc) is 2.72. The summed E-state index contributed by atoms with van der Waals surface area (Å²) < 4.78 is 34.1. The second kappa shape index (κ2) is 4.92. The summed E-state index contributed by atoms with van der Waals surface area (Å²) in [5.74, 6) is 0.0539. The Hall–Kier alpha value is -0.860. The third-order valence-electron chi connectivity index (χ3n) is 3.86. The molecule has 0 aromatic carbocycles. The lowest BCUT2D eigenvalue weighted by molar-refractivity contribution is -0.0398. The zero-order valence-electron chi connectivity index (χ0n) is 10.7. The summed E-state index contributed by atoms with van der Waals surface area (Å²) in [6, 6.07) is -0.409. The topological polar surface area (TPSA) is 76.2 Å². The van der Waals surface area contributed by atoms with Gasteiger partial charge in [0.15, 0.2) is 9.84 Å². The molecule has 3 aliphatic rings. The molecular formula is C11H18N2O5S. The maximum absolute atomic E-state index is 12.5. The van der Waals surface area contributed by atoms with Crippen LogP contribution in [0.3, 0.4) is 0 Å². The van der Waals surface area contributed by atoms with E-state index >= 15 is 0 Å². The molecule has 3 saturated heterocycles. The molecule has 2 atom stereocenters. The van der Waals surface area contributed by atoms with Gasteiger partial charge in [-0.15, -0.1) is 0 Å². The molecule has 19 heavy (non-hydrogen) atoms. The maximum atomic E-state index is 12.5. The first kappa shape index (κ1) is 13.1. The fourth-order valence-corrected chi connectivity index (χ4v) is 4.76. The number of amides is 2. The number of morpholine rings is 2. The molecule has 3 aliphatic heterocycles. The van der Waals surface area contributed by atoms with Gasteiger partial charge >= 0.3 is 6.03 Å². The highest BCUT2D eigenvalue weighted by Crippen LogP contribution is 2.25. The minimum atomic E-state index is -3.09. The summed E-state index contributed by atoms with van der Waals surface area (Å²) in [6.07, 6.45) is -0.358. The number of sulfone groups is 1. The molecule has 2 unspecified atom stereocenters. The number of rotatable bonds is 0. The summed E-state index contributed by atoms with van der Waals surface area (Å²) in [4.78, 5) is 15.9. The van der Waals surface area contributed by atoms with Gasteiger partial charge in [0.2, 0.25) is 0 Å². The second-order valence-corrected chi connectivity index (χ2v) is 7.28. The molecular weight excluding hydrogens is 272 g/mol.